The van der Waals surface area contributed by atoms with Gasteiger partial charge in [0.05, 0.1) is 19.3 Å². The molecule has 0 amide bonds. The summed E-state index contributed by atoms with van der Waals surface area (Å²) in [6, 6.07) is 26.0. The predicted molar refractivity (Wildman–Crippen MR) is 180 cm³/mol. The number of carboxylic acid groups (broad SMARTS) is 1. The van der Waals surface area contributed by atoms with Crippen molar-refractivity contribution in [3.8, 4) is 5.75 Å². The van der Waals surface area contributed by atoms with E-state index in [0.29, 0.717) is 30.3 Å². The molecule has 0 saturated carbocycles. The lowest BCUT2D eigenvalue weighted by Gasteiger charge is -2.43. The lowest BCUT2D eigenvalue weighted by molar-refractivity contribution is 0.0696. The van der Waals surface area contributed by atoms with Gasteiger partial charge in [-0.25, -0.2) is 9.78 Å². The Hall–Kier alpha value is -4.21. The summed E-state index contributed by atoms with van der Waals surface area (Å²) in [5, 5.41) is 15.6. The van der Waals surface area contributed by atoms with Gasteiger partial charge >= 0.3 is 5.97 Å². The number of aromatic carboxylic acids is 1. The summed E-state index contributed by atoms with van der Waals surface area (Å²) in [5.41, 5.74) is 8.61. The minimum absolute atomic E-state index is 0.0682. The lowest BCUT2D eigenvalue weighted by Crippen LogP contribution is -2.67. The molecule has 3 aromatic carbocycles. The van der Waals surface area contributed by atoms with Crippen molar-refractivity contribution in [2.45, 2.75) is 65.0 Å². The number of nitrogens with zero attached hydrogens (tertiary/aromatic N) is 2. The summed E-state index contributed by atoms with van der Waals surface area (Å²) in [4.78, 5) is 20.8. The molecule has 232 valence electrons. The van der Waals surface area contributed by atoms with Gasteiger partial charge in [0.15, 0.2) is 0 Å². The molecule has 0 bridgehead atoms. The number of anilines is 2. The predicted octanol–water partition coefficient (Wildman–Crippen LogP) is 5.82. The summed E-state index contributed by atoms with van der Waals surface area (Å²) < 4.78 is 12.8. The zero-order chi connectivity index (χ0) is 31.9. The lowest BCUT2D eigenvalue weighted by atomic mass is 10.0. The van der Waals surface area contributed by atoms with Gasteiger partial charge in [0.2, 0.25) is 5.95 Å². The number of benzene rings is 3. The van der Waals surface area contributed by atoms with Crippen LogP contribution in [0, 0.1) is 6.92 Å². The smallest absolute Gasteiger partial charge is 0.335 e. The summed E-state index contributed by atoms with van der Waals surface area (Å²) in [6.07, 6.45) is 2.15. The first kappa shape index (κ1) is 32.7. The fourth-order valence-corrected chi connectivity index (χ4v) is 10.5. The van der Waals surface area contributed by atoms with Crippen LogP contribution in [0.2, 0.25) is 5.04 Å². The molecule has 0 radical (unpaired) electrons. The fraction of sp³-hybridized carbons (Fsp3) is 0.343. The average molecular weight is 613 g/mol. The summed E-state index contributed by atoms with van der Waals surface area (Å²) >= 11 is 0. The van der Waals surface area contributed by atoms with Crippen LogP contribution >= 0.6 is 0 Å². The van der Waals surface area contributed by atoms with Gasteiger partial charge < -0.3 is 25.3 Å². The normalized spacial score (nSPS) is 12.5. The van der Waals surface area contributed by atoms with Crippen molar-refractivity contribution in [1.29, 1.82) is 0 Å². The Labute approximate surface area is 261 Å². The first-order valence-corrected chi connectivity index (χ1v) is 17.0. The number of rotatable bonds is 13. The summed E-state index contributed by atoms with van der Waals surface area (Å²) in [7, 11) is -1.18. The van der Waals surface area contributed by atoms with Crippen LogP contribution in [0.15, 0.2) is 78.9 Å². The molecule has 1 aromatic heterocycles. The Morgan fingerprint density at radius 1 is 1.00 bits per heavy atom. The Kier molecular flexibility index (Phi) is 10.4. The number of carboxylic acids is 1. The molecule has 4 aromatic rings. The van der Waals surface area contributed by atoms with Crippen LogP contribution in [-0.4, -0.2) is 49.1 Å². The molecule has 0 aliphatic rings. The third-order valence-electron chi connectivity index (χ3n) is 8.02. The molecule has 9 heteroatoms. The standard InChI is InChI=1S/C35H44N4O4Si/c1-7-14-27(23-43-44(35(3,4)5,28-15-10-8-11-16-28)29-17-12-9-13-18-29)38-32-30(24(2)37-34(36)39-32)22-26-21-25(33(40)41)19-20-31(26)42-6/h8-13,15-21,27H,7,14,22-23H2,1-6H3,(H,40,41)(H3,36,37,38,39). The number of hydrogen-bond acceptors (Lipinski definition) is 7. The van der Waals surface area contributed by atoms with E-state index in [1.54, 1.807) is 19.2 Å². The van der Waals surface area contributed by atoms with Crippen molar-refractivity contribution >= 4 is 36.4 Å². The molecule has 0 spiro atoms. The van der Waals surface area contributed by atoms with Crippen molar-refractivity contribution in [2.75, 3.05) is 24.8 Å². The van der Waals surface area contributed by atoms with Gasteiger partial charge in [-0.05, 0) is 52.5 Å². The molecule has 8 nitrogen and oxygen atoms in total. The third kappa shape index (κ3) is 7.11. The molecule has 0 aliphatic heterocycles. The number of nitrogen functional groups attached to an aromatic ring is 1. The van der Waals surface area contributed by atoms with E-state index in [9.17, 15) is 9.90 Å². The van der Waals surface area contributed by atoms with Crippen LogP contribution in [0.25, 0.3) is 0 Å². The van der Waals surface area contributed by atoms with Gasteiger partial charge in [-0.1, -0.05) is 94.8 Å². The van der Waals surface area contributed by atoms with Crippen molar-refractivity contribution in [2.24, 2.45) is 0 Å². The minimum atomic E-state index is -2.75. The van der Waals surface area contributed by atoms with Crippen molar-refractivity contribution in [1.82, 2.24) is 9.97 Å². The Bertz CT molecular complexity index is 1520. The van der Waals surface area contributed by atoms with E-state index in [1.165, 1.54) is 16.4 Å². The number of ether oxygens (including phenoxy) is 1. The van der Waals surface area contributed by atoms with Crippen LogP contribution in [-0.2, 0) is 10.8 Å². The maximum Gasteiger partial charge on any atom is 0.335 e. The number of aryl methyl sites for hydroxylation is 1. The molecular formula is C35H44N4O4Si. The molecule has 0 aliphatic carbocycles. The number of nitrogens with one attached hydrogen (secondary N) is 1. The monoisotopic (exact) mass is 612 g/mol. The second kappa shape index (κ2) is 14.0. The molecule has 4 rings (SSSR count). The van der Waals surface area contributed by atoms with E-state index >= 15 is 0 Å². The second-order valence-corrected chi connectivity index (χ2v) is 16.4. The highest BCUT2D eigenvalue weighted by Crippen LogP contribution is 2.37. The molecule has 4 N–H and O–H groups in total. The van der Waals surface area contributed by atoms with Crippen LogP contribution in [0.4, 0.5) is 11.8 Å². The van der Waals surface area contributed by atoms with Gasteiger partial charge in [-0.3, -0.25) is 0 Å². The van der Waals surface area contributed by atoms with Gasteiger partial charge in [0, 0.05) is 23.7 Å². The van der Waals surface area contributed by atoms with E-state index in [1.807, 2.05) is 19.1 Å². The highest BCUT2D eigenvalue weighted by Gasteiger charge is 2.50. The van der Waals surface area contributed by atoms with E-state index in [4.69, 9.17) is 14.9 Å². The third-order valence-corrected chi connectivity index (χ3v) is 13.0. The SMILES string of the molecule is CCCC(CO[Si](c1ccccc1)(c1ccccc1)C(C)(C)C)Nc1nc(N)nc(C)c1Cc1cc(C(=O)O)ccc1OC. The van der Waals surface area contributed by atoms with Crippen molar-refractivity contribution in [3.63, 3.8) is 0 Å². The Morgan fingerprint density at radius 3 is 2.14 bits per heavy atom. The molecular weight excluding hydrogens is 568 g/mol. The number of hydrogen-bond donors (Lipinski definition) is 3. The highest BCUT2D eigenvalue weighted by molar-refractivity contribution is 6.99. The van der Waals surface area contributed by atoms with Crippen molar-refractivity contribution < 1.29 is 19.1 Å². The molecule has 44 heavy (non-hydrogen) atoms. The van der Waals surface area contributed by atoms with Crippen LogP contribution in [0.5, 0.6) is 5.75 Å². The number of nitrogens with two attached hydrogens (primary N) is 1. The van der Waals surface area contributed by atoms with Crippen LogP contribution in [0.1, 0.15) is 67.7 Å². The zero-order valence-corrected chi connectivity index (χ0v) is 27.6. The summed E-state index contributed by atoms with van der Waals surface area (Å²) in [6.45, 7) is 11.3. The number of aromatic nitrogens is 2. The fourth-order valence-electron chi connectivity index (χ4n) is 5.92. The highest BCUT2D eigenvalue weighted by atomic mass is 28.4. The second-order valence-electron chi connectivity index (χ2n) is 12.1. The Morgan fingerprint density at radius 2 is 1.61 bits per heavy atom. The Balaban J connectivity index is 1.73. The number of methoxy groups -OCH3 is 1. The van der Waals surface area contributed by atoms with Gasteiger partial charge in [0.25, 0.3) is 8.32 Å². The zero-order valence-electron chi connectivity index (χ0n) is 26.6. The van der Waals surface area contributed by atoms with E-state index < -0.39 is 14.3 Å². The molecule has 1 unspecified atom stereocenters. The van der Waals surface area contributed by atoms with Gasteiger partial charge in [-0.2, -0.15) is 4.98 Å². The minimum Gasteiger partial charge on any atom is -0.496 e. The number of carbonyl (C=O) groups is 1. The average Bonchev–Trinajstić information content (AvgIpc) is 2.99. The molecule has 1 atom stereocenters. The maximum absolute atomic E-state index is 11.7. The summed E-state index contributed by atoms with van der Waals surface area (Å²) in [5.74, 6) is 0.378. The molecule has 0 fully saturated rings. The van der Waals surface area contributed by atoms with Crippen LogP contribution < -0.4 is 26.2 Å². The topological polar surface area (TPSA) is 120 Å². The van der Waals surface area contributed by atoms with E-state index in [-0.39, 0.29) is 22.6 Å². The van der Waals surface area contributed by atoms with E-state index in [0.717, 1.165) is 24.0 Å². The largest absolute Gasteiger partial charge is 0.496 e. The van der Waals surface area contributed by atoms with E-state index in [2.05, 4.69) is 91.5 Å². The molecule has 0 saturated heterocycles. The first-order valence-electron chi connectivity index (χ1n) is 15.0. The first-order chi connectivity index (χ1) is 21.0. The maximum atomic E-state index is 11.7. The van der Waals surface area contributed by atoms with Gasteiger partial charge in [-0.15, -0.1) is 0 Å². The quantitative estimate of drug-likeness (QED) is 0.162. The van der Waals surface area contributed by atoms with Crippen molar-refractivity contribution in [3.05, 3.63) is 101 Å². The van der Waals surface area contributed by atoms with Crippen LogP contribution in [0.3, 0.4) is 0 Å². The van der Waals surface area contributed by atoms with Gasteiger partial charge in [0.1, 0.15) is 11.6 Å². The molecule has 1 heterocycles.